The highest BCUT2D eigenvalue weighted by Crippen LogP contribution is 2.18. The Hall–Kier alpha value is -1.92. The number of nitrogens with zero attached hydrogens (tertiary/aromatic N) is 2. The third-order valence-electron chi connectivity index (χ3n) is 3.34. The van der Waals surface area contributed by atoms with Gasteiger partial charge in [0.05, 0.1) is 6.61 Å². The summed E-state index contributed by atoms with van der Waals surface area (Å²) in [5, 5.41) is 0.541. The topological polar surface area (TPSA) is 68.5 Å². The Balaban J connectivity index is 2.10. The van der Waals surface area contributed by atoms with E-state index < -0.39 is 0 Å². The SMILES string of the molecule is CCOC(=O)C(Cc1ccccc1)N(C)Cc1cnc(N)s1. The molecule has 2 rings (SSSR count). The van der Waals surface area contributed by atoms with Crippen LogP contribution in [0.15, 0.2) is 36.5 Å². The number of anilines is 1. The van der Waals surface area contributed by atoms with Crippen LogP contribution in [0.2, 0.25) is 0 Å². The minimum atomic E-state index is -0.328. The third-order valence-corrected chi connectivity index (χ3v) is 4.15. The standard InChI is InChI=1S/C16H21N3O2S/c1-3-21-15(20)14(9-12-7-5-4-6-8-12)19(2)11-13-10-18-16(17)22-13/h4-8,10,14H,3,9,11H2,1-2H3,(H2,17,18). The van der Waals surface area contributed by atoms with Gasteiger partial charge in [-0.3, -0.25) is 9.69 Å². The highest BCUT2D eigenvalue weighted by molar-refractivity contribution is 7.15. The molecule has 0 amide bonds. The number of ether oxygens (including phenoxy) is 1. The van der Waals surface area contributed by atoms with Crippen LogP contribution in [-0.4, -0.2) is 35.5 Å². The fraction of sp³-hybridized carbons (Fsp3) is 0.375. The quantitative estimate of drug-likeness (QED) is 0.793. The predicted octanol–water partition coefficient (Wildman–Crippen LogP) is 2.33. The van der Waals surface area contributed by atoms with E-state index in [0.717, 1.165) is 10.4 Å². The molecule has 6 heteroatoms. The number of hydrogen-bond donors (Lipinski definition) is 1. The molecule has 1 unspecified atom stereocenters. The molecule has 1 atom stereocenters. The molecule has 22 heavy (non-hydrogen) atoms. The van der Waals surface area contributed by atoms with E-state index in [9.17, 15) is 4.79 Å². The van der Waals surface area contributed by atoms with Crippen LogP contribution < -0.4 is 5.73 Å². The summed E-state index contributed by atoms with van der Waals surface area (Å²) in [4.78, 5) is 19.3. The van der Waals surface area contributed by atoms with Crippen molar-refractivity contribution in [3.05, 3.63) is 47.0 Å². The summed E-state index contributed by atoms with van der Waals surface area (Å²) in [5.41, 5.74) is 6.77. The van der Waals surface area contributed by atoms with Gasteiger partial charge in [-0.05, 0) is 26.0 Å². The highest BCUT2D eigenvalue weighted by Gasteiger charge is 2.25. The molecule has 0 radical (unpaired) electrons. The zero-order valence-electron chi connectivity index (χ0n) is 12.9. The molecular formula is C16H21N3O2S. The zero-order chi connectivity index (χ0) is 15.9. The Bertz CT molecular complexity index is 600. The number of thiazole rings is 1. The van der Waals surface area contributed by atoms with Crippen molar-refractivity contribution < 1.29 is 9.53 Å². The lowest BCUT2D eigenvalue weighted by atomic mass is 10.0. The fourth-order valence-electron chi connectivity index (χ4n) is 2.25. The molecule has 0 saturated carbocycles. The first-order chi connectivity index (χ1) is 10.6. The van der Waals surface area contributed by atoms with Crippen molar-refractivity contribution in [3.63, 3.8) is 0 Å². The fourth-order valence-corrected chi connectivity index (χ4v) is 2.99. The zero-order valence-corrected chi connectivity index (χ0v) is 13.7. The van der Waals surface area contributed by atoms with E-state index in [4.69, 9.17) is 10.5 Å². The minimum Gasteiger partial charge on any atom is -0.465 e. The minimum absolute atomic E-state index is 0.202. The number of nitrogen functional groups attached to an aromatic ring is 1. The summed E-state index contributed by atoms with van der Waals surface area (Å²) in [5.74, 6) is -0.202. The molecule has 0 fully saturated rings. The molecule has 2 aromatic rings. The van der Waals surface area contributed by atoms with Crippen LogP contribution in [0, 0.1) is 0 Å². The van der Waals surface area contributed by atoms with E-state index in [1.807, 2.05) is 49.2 Å². The van der Waals surface area contributed by atoms with Crippen LogP contribution in [0.5, 0.6) is 0 Å². The monoisotopic (exact) mass is 319 g/mol. The van der Waals surface area contributed by atoms with Crippen molar-refractivity contribution in [2.75, 3.05) is 19.4 Å². The van der Waals surface area contributed by atoms with Crippen LogP contribution >= 0.6 is 11.3 Å². The molecule has 0 aliphatic rings. The predicted molar refractivity (Wildman–Crippen MR) is 88.6 cm³/mol. The summed E-state index contributed by atoms with van der Waals surface area (Å²) < 4.78 is 5.22. The Labute approximate surface area is 134 Å². The first-order valence-electron chi connectivity index (χ1n) is 7.21. The summed E-state index contributed by atoms with van der Waals surface area (Å²) in [7, 11) is 1.92. The molecule has 1 heterocycles. The number of aromatic nitrogens is 1. The van der Waals surface area contributed by atoms with Gasteiger partial charge in [-0.1, -0.05) is 30.3 Å². The van der Waals surface area contributed by atoms with Crippen LogP contribution in [-0.2, 0) is 22.5 Å². The summed E-state index contributed by atoms with van der Waals surface area (Å²) in [6, 6.07) is 9.62. The average Bonchev–Trinajstić information content (AvgIpc) is 2.91. The molecule has 1 aromatic carbocycles. The van der Waals surface area contributed by atoms with Gasteiger partial charge in [-0.2, -0.15) is 0 Å². The van der Waals surface area contributed by atoms with E-state index in [1.54, 1.807) is 6.20 Å². The van der Waals surface area contributed by atoms with Crippen molar-refractivity contribution in [1.29, 1.82) is 0 Å². The first-order valence-corrected chi connectivity index (χ1v) is 8.02. The van der Waals surface area contributed by atoms with Crippen LogP contribution in [0.4, 0.5) is 5.13 Å². The first kappa shape index (κ1) is 16.5. The second kappa shape index (κ2) is 7.91. The number of rotatable bonds is 7. The Morgan fingerprint density at radius 2 is 2.14 bits per heavy atom. The van der Waals surface area contributed by atoms with Gasteiger partial charge in [-0.15, -0.1) is 11.3 Å². The van der Waals surface area contributed by atoms with Crippen LogP contribution in [0.1, 0.15) is 17.4 Å². The Morgan fingerprint density at radius 1 is 1.41 bits per heavy atom. The van der Waals surface area contributed by atoms with Crippen molar-refractivity contribution in [2.24, 2.45) is 0 Å². The van der Waals surface area contributed by atoms with E-state index in [0.29, 0.717) is 24.7 Å². The van der Waals surface area contributed by atoms with Crippen molar-refractivity contribution >= 4 is 22.4 Å². The molecule has 118 valence electrons. The van der Waals surface area contributed by atoms with Crippen molar-refractivity contribution in [3.8, 4) is 0 Å². The van der Waals surface area contributed by atoms with Gasteiger partial charge >= 0.3 is 5.97 Å². The second-order valence-corrected chi connectivity index (χ2v) is 6.18. The van der Waals surface area contributed by atoms with E-state index in [2.05, 4.69) is 4.98 Å². The van der Waals surface area contributed by atoms with E-state index in [-0.39, 0.29) is 12.0 Å². The molecule has 0 bridgehead atoms. The van der Waals surface area contributed by atoms with Gasteiger partial charge in [0.2, 0.25) is 0 Å². The molecule has 2 N–H and O–H groups in total. The Kier molecular flexibility index (Phi) is 5.91. The highest BCUT2D eigenvalue weighted by atomic mass is 32.1. The molecule has 0 saturated heterocycles. The smallest absolute Gasteiger partial charge is 0.323 e. The van der Waals surface area contributed by atoms with Gasteiger partial charge in [0.1, 0.15) is 6.04 Å². The van der Waals surface area contributed by atoms with Crippen LogP contribution in [0.25, 0.3) is 0 Å². The van der Waals surface area contributed by atoms with Gasteiger partial charge in [-0.25, -0.2) is 4.98 Å². The van der Waals surface area contributed by atoms with Crippen molar-refractivity contribution in [1.82, 2.24) is 9.88 Å². The number of benzene rings is 1. The van der Waals surface area contributed by atoms with Crippen LogP contribution in [0.3, 0.4) is 0 Å². The Morgan fingerprint density at radius 3 is 2.73 bits per heavy atom. The summed E-state index contributed by atoms with van der Waals surface area (Å²) in [6.07, 6.45) is 2.37. The third kappa shape index (κ3) is 4.54. The number of esters is 1. The summed E-state index contributed by atoms with van der Waals surface area (Å²) in [6.45, 7) is 2.82. The maximum atomic E-state index is 12.3. The molecule has 0 aliphatic carbocycles. The van der Waals surface area contributed by atoms with Gasteiger partial charge in [0.25, 0.3) is 0 Å². The van der Waals surface area contributed by atoms with Crippen molar-refractivity contribution in [2.45, 2.75) is 25.9 Å². The molecule has 5 nitrogen and oxygen atoms in total. The number of hydrogen-bond acceptors (Lipinski definition) is 6. The maximum absolute atomic E-state index is 12.3. The summed E-state index contributed by atoms with van der Waals surface area (Å²) >= 11 is 1.44. The lowest BCUT2D eigenvalue weighted by Crippen LogP contribution is -2.40. The average molecular weight is 319 g/mol. The lowest BCUT2D eigenvalue weighted by molar-refractivity contribution is -0.149. The largest absolute Gasteiger partial charge is 0.465 e. The van der Waals surface area contributed by atoms with Gasteiger partial charge in [0.15, 0.2) is 5.13 Å². The molecule has 0 spiro atoms. The molecule has 0 aliphatic heterocycles. The van der Waals surface area contributed by atoms with Gasteiger partial charge in [0, 0.05) is 17.6 Å². The van der Waals surface area contributed by atoms with Gasteiger partial charge < -0.3 is 10.5 Å². The number of likely N-dealkylation sites (N-methyl/N-ethyl adjacent to an activating group) is 1. The number of nitrogens with two attached hydrogens (primary N) is 1. The lowest BCUT2D eigenvalue weighted by Gasteiger charge is -2.25. The normalized spacial score (nSPS) is 12.3. The van der Waals surface area contributed by atoms with E-state index in [1.165, 1.54) is 11.3 Å². The molecular weight excluding hydrogens is 298 g/mol. The number of carbonyl (C=O) groups is 1. The molecule has 1 aromatic heterocycles. The second-order valence-electron chi connectivity index (χ2n) is 5.04. The van der Waals surface area contributed by atoms with E-state index >= 15 is 0 Å². The number of carbonyl (C=O) groups excluding carboxylic acids is 1. The maximum Gasteiger partial charge on any atom is 0.323 e.